The minimum Gasteiger partial charge on any atom is -0.217 e. The Labute approximate surface area is 123 Å². The van der Waals surface area contributed by atoms with E-state index in [2.05, 4.69) is 10.4 Å². The molecule has 0 amide bonds. The fourth-order valence-corrected chi connectivity index (χ4v) is 3.24. The second-order valence-corrected chi connectivity index (χ2v) is 6.63. The fraction of sp³-hybridized carbons (Fsp3) is 0.417. The molecule has 20 heavy (non-hydrogen) atoms. The predicted molar refractivity (Wildman–Crippen MR) is 77.5 cm³/mol. The lowest BCUT2D eigenvalue weighted by Crippen LogP contribution is -2.15. The fourth-order valence-electron chi connectivity index (χ4n) is 1.67. The minimum absolute atomic E-state index is 0.0963. The number of unbranched alkanes of at least 4 members (excludes halogenated alkanes) is 1. The van der Waals surface area contributed by atoms with Crippen molar-refractivity contribution in [2.24, 2.45) is 0 Å². The molecule has 0 aliphatic rings. The van der Waals surface area contributed by atoms with Gasteiger partial charge in [-0.15, -0.1) is 4.09 Å². The summed E-state index contributed by atoms with van der Waals surface area (Å²) >= 11 is 5.13. The van der Waals surface area contributed by atoms with Gasteiger partial charge in [-0.05, 0) is 48.1 Å². The molecular formula is C12H16N4O2S2. The summed E-state index contributed by atoms with van der Waals surface area (Å²) in [6.45, 7) is 4.50. The van der Waals surface area contributed by atoms with Crippen LogP contribution in [0.5, 0.6) is 0 Å². The normalized spacial score (nSPS) is 11.7. The predicted octanol–water partition coefficient (Wildman–Crippen LogP) is 2.15. The van der Waals surface area contributed by atoms with Gasteiger partial charge in [0.1, 0.15) is 0 Å². The van der Waals surface area contributed by atoms with E-state index in [-0.39, 0.29) is 9.67 Å². The molecule has 0 bridgehead atoms. The highest BCUT2D eigenvalue weighted by Crippen LogP contribution is 2.13. The van der Waals surface area contributed by atoms with E-state index in [1.807, 2.05) is 13.8 Å². The van der Waals surface area contributed by atoms with Gasteiger partial charge in [-0.25, -0.2) is 4.68 Å². The third-order valence-electron chi connectivity index (χ3n) is 2.88. The standard InChI is InChI=1S/C12H16N4O2S2/c1-3-4-9-15-12(19)16(14-13-15)20(17,18)11-7-5-10(2)6-8-11/h5-8H,3-4,9H2,1-2H3. The topological polar surface area (TPSA) is 69.8 Å². The highest BCUT2D eigenvalue weighted by Gasteiger charge is 2.20. The number of rotatable bonds is 5. The molecule has 0 unspecified atom stereocenters. The van der Waals surface area contributed by atoms with Gasteiger partial charge in [0.15, 0.2) is 0 Å². The van der Waals surface area contributed by atoms with Crippen LogP contribution in [0, 0.1) is 11.7 Å². The van der Waals surface area contributed by atoms with Crippen LogP contribution in [0.15, 0.2) is 29.2 Å². The van der Waals surface area contributed by atoms with E-state index < -0.39 is 10.0 Å². The molecule has 0 fully saturated rings. The van der Waals surface area contributed by atoms with Crippen molar-refractivity contribution in [2.45, 2.75) is 38.1 Å². The number of nitrogens with zero attached hydrogens (tertiary/aromatic N) is 4. The molecule has 0 atom stereocenters. The van der Waals surface area contributed by atoms with Gasteiger partial charge in [0.05, 0.1) is 4.90 Å². The van der Waals surface area contributed by atoms with Crippen molar-refractivity contribution < 1.29 is 8.42 Å². The van der Waals surface area contributed by atoms with E-state index in [0.717, 1.165) is 22.5 Å². The minimum atomic E-state index is -3.77. The van der Waals surface area contributed by atoms with Crippen molar-refractivity contribution in [1.29, 1.82) is 0 Å². The van der Waals surface area contributed by atoms with E-state index >= 15 is 0 Å². The lowest BCUT2D eigenvalue weighted by Gasteiger charge is -2.03. The van der Waals surface area contributed by atoms with Crippen molar-refractivity contribution in [3.63, 3.8) is 0 Å². The van der Waals surface area contributed by atoms with E-state index in [4.69, 9.17) is 12.2 Å². The molecule has 0 aliphatic carbocycles. The molecule has 1 aromatic carbocycles. The highest BCUT2D eigenvalue weighted by molar-refractivity contribution is 7.90. The van der Waals surface area contributed by atoms with Gasteiger partial charge < -0.3 is 0 Å². The maximum absolute atomic E-state index is 12.4. The summed E-state index contributed by atoms with van der Waals surface area (Å²) < 4.78 is 27.2. The number of aryl methyl sites for hydroxylation is 2. The number of hydrogen-bond acceptors (Lipinski definition) is 5. The van der Waals surface area contributed by atoms with E-state index in [9.17, 15) is 8.42 Å². The summed E-state index contributed by atoms with van der Waals surface area (Å²) in [6, 6.07) is 6.55. The van der Waals surface area contributed by atoms with Crippen LogP contribution >= 0.6 is 12.2 Å². The molecule has 0 saturated heterocycles. The van der Waals surface area contributed by atoms with Crippen LogP contribution < -0.4 is 0 Å². The first-order chi connectivity index (χ1) is 9.46. The Morgan fingerprint density at radius 3 is 2.45 bits per heavy atom. The van der Waals surface area contributed by atoms with Gasteiger partial charge in [-0.2, -0.15) is 8.42 Å². The maximum Gasteiger partial charge on any atom is 0.287 e. The quantitative estimate of drug-likeness (QED) is 0.791. The monoisotopic (exact) mass is 312 g/mol. The van der Waals surface area contributed by atoms with Crippen LogP contribution in [0.4, 0.5) is 0 Å². The Balaban J connectivity index is 2.42. The lowest BCUT2D eigenvalue weighted by molar-refractivity contribution is 0.548. The van der Waals surface area contributed by atoms with Crippen LogP contribution in [0.25, 0.3) is 0 Å². The van der Waals surface area contributed by atoms with E-state index in [1.54, 1.807) is 12.1 Å². The molecule has 0 aliphatic heterocycles. The molecule has 0 N–H and O–H groups in total. The van der Waals surface area contributed by atoms with Crippen molar-refractivity contribution in [3.8, 4) is 0 Å². The largest absolute Gasteiger partial charge is 0.287 e. The van der Waals surface area contributed by atoms with Crippen LogP contribution in [0.1, 0.15) is 25.3 Å². The average molecular weight is 312 g/mol. The summed E-state index contributed by atoms with van der Waals surface area (Å²) in [4.78, 5) is 0.154. The summed E-state index contributed by atoms with van der Waals surface area (Å²) in [5.74, 6) is 0. The van der Waals surface area contributed by atoms with E-state index in [0.29, 0.717) is 6.54 Å². The van der Waals surface area contributed by atoms with Gasteiger partial charge in [0, 0.05) is 6.54 Å². The number of tetrazole rings is 1. The smallest absolute Gasteiger partial charge is 0.217 e. The molecular weight excluding hydrogens is 296 g/mol. The summed E-state index contributed by atoms with van der Waals surface area (Å²) in [6.07, 6.45) is 1.84. The molecule has 108 valence electrons. The van der Waals surface area contributed by atoms with Gasteiger partial charge in [-0.1, -0.05) is 31.0 Å². The zero-order valence-electron chi connectivity index (χ0n) is 11.4. The SMILES string of the molecule is CCCCn1nnn(S(=O)(=O)c2ccc(C)cc2)c1=S. The number of aromatic nitrogens is 4. The zero-order valence-corrected chi connectivity index (χ0v) is 13.0. The summed E-state index contributed by atoms with van der Waals surface area (Å²) in [7, 11) is -3.77. The van der Waals surface area contributed by atoms with Gasteiger partial charge in [0.25, 0.3) is 10.0 Å². The van der Waals surface area contributed by atoms with Crippen molar-refractivity contribution in [3.05, 3.63) is 34.6 Å². The first kappa shape index (κ1) is 14.9. The Morgan fingerprint density at radius 2 is 1.85 bits per heavy atom. The third kappa shape index (κ3) is 2.80. The Hall–Kier alpha value is -1.54. The van der Waals surface area contributed by atoms with Crippen molar-refractivity contribution >= 4 is 22.2 Å². The van der Waals surface area contributed by atoms with Crippen LogP contribution in [-0.2, 0) is 16.6 Å². The summed E-state index contributed by atoms with van der Waals surface area (Å²) in [5, 5.41) is 7.49. The maximum atomic E-state index is 12.4. The first-order valence-electron chi connectivity index (χ1n) is 6.32. The molecule has 2 rings (SSSR count). The second kappa shape index (κ2) is 5.84. The van der Waals surface area contributed by atoms with Crippen molar-refractivity contribution in [1.82, 2.24) is 19.2 Å². The second-order valence-electron chi connectivity index (χ2n) is 4.50. The molecule has 0 radical (unpaired) electrons. The summed E-state index contributed by atoms with van der Waals surface area (Å²) in [5.41, 5.74) is 0.985. The molecule has 6 nitrogen and oxygen atoms in total. The number of benzene rings is 1. The third-order valence-corrected chi connectivity index (χ3v) is 4.95. The van der Waals surface area contributed by atoms with Gasteiger partial charge in [0.2, 0.25) is 4.77 Å². The van der Waals surface area contributed by atoms with E-state index in [1.165, 1.54) is 16.8 Å². The molecule has 0 spiro atoms. The first-order valence-corrected chi connectivity index (χ1v) is 8.16. The Bertz CT molecular complexity index is 745. The van der Waals surface area contributed by atoms with Gasteiger partial charge >= 0.3 is 0 Å². The van der Waals surface area contributed by atoms with Crippen LogP contribution in [-0.4, -0.2) is 27.6 Å². The zero-order chi connectivity index (χ0) is 14.8. The Kier molecular flexibility index (Phi) is 4.34. The van der Waals surface area contributed by atoms with Gasteiger partial charge in [-0.3, -0.25) is 0 Å². The van der Waals surface area contributed by atoms with Crippen molar-refractivity contribution in [2.75, 3.05) is 0 Å². The highest BCUT2D eigenvalue weighted by atomic mass is 32.2. The molecule has 1 heterocycles. The molecule has 8 heteroatoms. The number of hydrogen-bond donors (Lipinski definition) is 0. The molecule has 2 aromatic rings. The van der Waals surface area contributed by atoms with Crippen LogP contribution in [0.3, 0.4) is 0 Å². The average Bonchev–Trinajstić information content (AvgIpc) is 2.79. The Morgan fingerprint density at radius 1 is 1.20 bits per heavy atom. The molecule has 1 aromatic heterocycles. The van der Waals surface area contributed by atoms with Crippen LogP contribution in [0.2, 0.25) is 0 Å². The molecule has 0 saturated carbocycles. The lowest BCUT2D eigenvalue weighted by atomic mass is 10.2.